The molecule has 1 atom stereocenters. The predicted molar refractivity (Wildman–Crippen MR) is 98.7 cm³/mol. The van der Waals surface area contributed by atoms with Gasteiger partial charge in [0.2, 0.25) is 5.91 Å². The molecule has 0 bridgehead atoms. The van der Waals surface area contributed by atoms with Crippen LogP contribution in [-0.4, -0.2) is 15.9 Å². The zero-order valence-corrected chi connectivity index (χ0v) is 14.5. The minimum absolute atomic E-state index is 0.0272. The Labute approximate surface area is 152 Å². The third kappa shape index (κ3) is 4.30. The van der Waals surface area contributed by atoms with Crippen molar-refractivity contribution in [1.29, 1.82) is 0 Å². The molecule has 1 aromatic heterocycles. The maximum absolute atomic E-state index is 13.1. The summed E-state index contributed by atoms with van der Waals surface area (Å²) >= 11 is 0. The summed E-state index contributed by atoms with van der Waals surface area (Å²) in [6.07, 6.45) is 2.18. The number of benzene rings is 2. The summed E-state index contributed by atoms with van der Waals surface area (Å²) in [5, 5.41) is 2.95. The molecule has 1 amide bonds. The van der Waals surface area contributed by atoms with Crippen molar-refractivity contribution in [2.24, 2.45) is 0 Å². The summed E-state index contributed by atoms with van der Waals surface area (Å²) in [7, 11) is 0. The second-order valence-electron chi connectivity index (χ2n) is 5.99. The molecule has 1 N–H and O–H groups in total. The van der Waals surface area contributed by atoms with E-state index in [9.17, 15) is 9.18 Å². The molecule has 0 aliphatic carbocycles. The third-order valence-corrected chi connectivity index (χ3v) is 4.23. The van der Waals surface area contributed by atoms with E-state index in [4.69, 9.17) is 0 Å². The average Bonchev–Trinajstić information content (AvgIpc) is 2.68. The number of carbonyl (C=O) groups is 1. The van der Waals surface area contributed by atoms with Crippen molar-refractivity contribution < 1.29 is 9.18 Å². The summed E-state index contributed by atoms with van der Waals surface area (Å²) in [5.74, 6) is -0.503. The molecule has 0 saturated heterocycles. The Morgan fingerprint density at radius 1 is 1.08 bits per heavy atom. The predicted octanol–water partition coefficient (Wildman–Crippen LogP) is 4.09. The van der Waals surface area contributed by atoms with Crippen molar-refractivity contribution in [2.75, 3.05) is 0 Å². The van der Waals surface area contributed by atoms with Gasteiger partial charge in [-0.2, -0.15) is 0 Å². The maximum atomic E-state index is 13.1. The number of nitrogens with zero attached hydrogens (tertiary/aromatic N) is 2. The van der Waals surface area contributed by atoms with E-state index < -0.39 is 0 Å². The molecule has 26 heavy (non-hydrogen) atoms. The lowest BCUT2D eigenvalue weighted by molar-refractivity contribution is -0.122. The third-order valence-electron chi connectivity index (χ3n) is 4.23. The second-order valence-corrected chi connectivity index (χ2v) is 5.99. The first-order valence-electron chi connectivity index (χ1n) is 8.57. The number of nitrogens with one attached hydrogen (secondary N) is 1. The Morgan fingerprint density at radius 3 is 2.50 bits per heavy atom. The van der Waals surface area contributed by atoms with Gasteiger partial charge in [0.1, 0.15) is 12.1 Å². The summed E-state index contributed by atoms with van der Waals surface area (Å²) in [4.78, 5) is 21.0. The number of rotatable bonds is 6. The van der Waals surface area contributed by atoms with Crippen LogP contribution < -0.4 is 5.32 Å². The minimum Gasteiger partial charge on any atom is -0.350 e. The van der Waals surface area contributed by atoms with Gasteiger partial charge >= 0.3 is 0 Å². The summed E-state index contributed by atoms with van der Waals surface area (Å²) in [6.45, 7) is 2.31. The van der Waals surface area contributed by atoms with Crippen molar-refractivity contribution in [3.8, 4) is 11.3 Å². The molecule has 4 nitrogen and oxygen atoms in total. The number of carbonyl (C=O) groups excluding carboxylic acids is 1. The van der Waals surface area contributed by atoms with E-state index in [2.05, 4.69) is 15.3 Å². The lowest BCUT2D eigenvalue weighted by Crippen LogP contribution is -2.29. The smallest absolute Gasteiger partial charge is 0.227 e. The highest BCUT2D eigenvalue weighted by Gasteiger charge is 2.18. The highest BCUT2D eigenvalue weighted by molar-refractivity contribution is 5.83. The molecule has 3 aromatic rings. The second kappa shape index (κ2) is 8.34. The van der Waals surface area contributed by atoms with Crippen LogP contribution in [-0.2, 0) is 11.3 Å². The van der Waals surface area contributed by atoms with E-state index in [-0.39, 0.29) is 17.6 Å². The van der Waals surface area contributed by atoms with Gasteiger partial charge < -0.3 is 5.32 Å². The van der Waals surface area contributed by atoms with Crippen molar-refractivity contribution in [2.45, 2.75) is 25.8 Å². The zero-order valence-electron chi connectivity index (χ0n) is 14.5. The Hall–Kier alpha value is -3.08. The number of hydrogen-bond donors (Lipinski definition) is 1. The van der Waals surface area contributed by atoms with Crippen LogP contribution in [0.3, 0.4) is 0 Å². The van der Waals surface area contributed by atoms with Crippen LogP contribution in [0.15, 0.2) is 67.0 Å². The quantitative estimate of drug-likeness (QED) is 0.729. The molecule has 3 rings (SSSR count). The summed E-state index contributed by atoms with van der Waals surface area (Å²) in [5.41, 5.74) is 3.20. The van der Waals surface area contributed by atoms with E-state index in [0.29, 0.717) is 17.9 Å². The molecule has 2 aromatic carbocycles. The Morgan fingerprint density at radius 2 is 1.81 bits per heavy atom. The minimum atomic E-state index is -0.290. The Kier molecular flexibility index (Phi) is 5.69. The Balaban J connectivity index is 1.68. The topological polar surface area (TPSA) is 54.9 Å². The van der Waals surface area contributed by atoms with Crippen LogP contribution >= 0.6 is 0 Å². The summed E-state index contributed by atoms with van der Waals surface area (Å²) < 4.78 is 13.1. The van der Waals surface area contributed by atoms with Gasteiger partial charge in [-0.3, -0.25) is 4.79 Å². The van der Waals surface area contributed by atoms with Crippen LogP contribution in [0.4, 0.5) is 4.39 Å². The van der Waals surface area contributed by atoms with E-state index >= 15 is 0 Å². The zero-order chi connectivity index (χ0) is 18.4. The van der Waals surface area contributed by atoms with Crippen molar-refractivity contribution in [1.82, 2.24) is 15.3 Å². The molecule has 0 radical (unpaired) electrons. The Bertz CT molecular complexity index is 866. The van der Waals surface area contributed by atoms with Gasteiger partial charge in [0.25, 0.3) is 0 Å². The van der Waals surface area contributed by atoms with Crippen LogP contribution in [0.5, 0.6) is 0 Å². The normalized spacial score (nSPS) is 11.8. The van der Waals surface area contributed by atoms with Gasteiger partial charge in [-0.05, 0) is 42.3 Å². The van der Waals surface area contributed by atoms with Gasteiger partial charge in [0.05, 0.1) is 23.9 Å². The first-order chi connectivity index (χ1) is 12.7. The molecular formula is C21H20FN3O. The molecule has 5 heteroatoms. The number of hydrogen-bond acceptors (Lipinski definition) is 3. The molecule has 0 aliphatic heterocycles. The average molecular weight is 349 g/mol. The van der Waals surface area contributed by atoms with E-state index in [1.807, 2.05) is 37.3 Å². The highest BCUT2D eigenvalue weighted by atomic mass is 19.1. The monoisotopic (exact) mass is 349 g/mol. The van der Waals surface area contributed by atoms with Gasteiger partial charge in [-0.15, -0.1) is 0 Å². The number of amides is 1. The van der Waals surface area contributed by atoms with Crippen molar-refractivity contribution in [3.05, 3.63) is 84.1 Å². The standard InChI is InChI=1S/C21H20FN3O/c1-2-19(15-6-4-3-5-7-15)21(26)23-13-18-12-20(25-14-24-18)16-8-10-17(22)11-9-16/h3-12,14,19H,2,13H2,1H3,(H,23,26). The fourth-order valence-corrected chi connectivity index (χ4v) is 2.83. The molecule has 1 heterocycles. The highest BCUT2D eigenvalue weighted by Crippen LogP contribution is 2.20. The molecule has 0 spiro atoms. The maximum Gasteiger partial charge on any atom is 0.227 e. The lowest BCUT2D eigenvalue weighted by atomic mass is 9.95. The molecule has 0 saturated carbocycles. The van der Waals surface area contributed by atoms with Gasteiger partial charge in [0, 0.05) is 5.56 Å². The van der Waals surface area contributed by atoms with E-state index in [1.54, 1.807) is 18.2 Å². The van der Waals surface area contributed by atoms with Gasteiger partial charge in [-0.1, -0.05) is 37.3 Å². The van der Waals surface area contributed by atoms with Gasteiger partial charge in [-0.25, -0.2) is 14.4 Å². The van der Waals surface area contributed by atoms with Crippen LogP contribution in [0, 0.1) is 5.82 Å². The van der Waals surface area contributed by atoms with Crippen molar-refractivity contribution in [3.63, 3.8) is 0 Å². The molecule has 1 unspecified atom stereocenters. The van der Waals surface area contributed by atoms with Crippen LogP contribution in [0.2, 0.25) is 0 Å². The molecule has 132 valence electrons. The SMILES string of the molecule is CCC(C(=O)NCc1cc(-c2ccc(F)cc2)ncn1)c1ccccc1. The summed E-state index contributed by atoms with van der Waals surface area (Å²) in [6, 6.07) is 17.7. The number of halogens is 1. The fourth-order valence-electron chi connectivity index (χ4n) is 2.83. The molecule has 0 fully saturated rings. The number of aromatic nitrogens is 2. The van der Waals surface area contributed by atoms with Gasteiger partial charge in [0.15, 0.2) is 0 Å². The molecule has 0 aliphatic rings. The van der Waals surface area contributed by atoms with E-state index in [0.717, 1.165) is 17.5 Å². The first kappa shape index (κ1) is 17.7. The lowest BCUT2D eigenvalue weighted by Gasteiger charge is -2.15. The van der Waals surface area contributed by atoms with E-state index in [1.165, 1.54) is 18.5 Å². The van der Waals surface area contributed by atoms with Crippen LogP contribution in [0.1, 0.15) is 30.5 Å². The van der Waals surface area contributed by atoms with Crippen molar-refractivity contribution >= 4 is 5.91 Å². The first-order valence-corrected chi connectivity index (χ1v) is 8.57. The fraction of sp³-hybridized carbons (Fsp3) is 0.190. The largest absolute Gasteiger partial charge is 0.350 e. The van der Waals surface area contributed by atoms with Crippen LogP contribution in [0.25, 0.3) is 11.3 Å². The molecular weight excluding hydrogens is 329 g/mol.